The van der Waals surface area contributed by atoms with Gasteiger partial charge in [-0.05, 0) is 0 Å². The third kappa shape index (κ3) is 5.47. The first kappa shape index (κ1) is 6.47. The summed E-state index contributed by atoms with van der Waals surface area (Å²) in [5, 5.41) is 6.89. The van der Waals surface area contributed by atoms with Crippen molar-refractivity contribution in [1.29, 1.82) is 0 Å². The van der Waals surface area contributed by atoms with Crippen LogP contribution in [0.3, 0.4) is 0 Å². The first-order valence-corrected chi connectivity index (χ1v) is 2.49. The first-order chi connectivity index (χ1) is 3.41. The van der Waals surface area contributed by atoms with Crippen LogP contribution in [-0.4, -0.2) is 11.6 Å². The van der Waals surface area contributed by atoms with Gasteiger partial charge in [-0.3, -0.25) is 4.79 Å². The minimum absolute atomic E-state index is 0.250. The summed E-state index contributed by atoms with van der Waals surface area (Å²) < 4.78 is 0. The van der Waals surface area contributed by atoms with Crippen LogP contribution < -0.4 is 0 Å². The summed E-state index contributed by atoms with van der Waals surface area (Å²) in [6.07, 6.45) is 6.00. The van der Waals surface area contributed by atoms with Crippen LogP contribution in [0, 0.1) is 0 Å². The van der Waals surface area contributed by atoms with Crippen molar-refractivity contribution in [3.8, 4) is 0 Å². The van der Waals surface area contributed by atoms with Gasteiger partial charge in [0.1, 0.15) is 0 Å². The summed E-state index contributed by atoms with van der Waals surface area (Å²) >= 11 is 0. The Kier molecular flexibility index (Phi) is 5.06. The zero-order valence-corrected chi connectivity index (χ0v) is 4.26. The molecule has 1 fully saturated rings. The highest BCUT2D eigenvalue weighted by Crippen LogP contribution is 2.15. The van der Waals surface area contributed by atoms with Crippen LogP contribution in [0.1, 0.15) is 25.7 Å². The van der Waals surface area contributed by atoms with E-state index in [1.165, 1.54) is 25.7 Å². The van der Waals surface area contributed by atoms with Gasteiger partial charge in [-0.15, -0.1) is 0 Å². The molecule has 2 heteroatoms. The molecule has 2 nitrogen and oxygen atoms in total. The van der Waals surface area contributed by atoms with Crippen molar-refractivity contribution in [1.82, 2.24) is 0 Å². The topological polar surface area (TPSA) is 37.3 Å². The molecule has 42 valence electrons. The van der Waals surface area contributed by atoms with Crippen molar-refractivity contribution in [3.05, 3.63) is 0 Å². The van der Waals surface area contributed by atoms with E-state index >= 15 is 0 Å². The van der Waals surface area contributed by atoms with Gasteiger partial charge in [-0.25, -0.2) is 0 Å². The molecule has 1 rings (SSSR count). The third-order valence-corrected chi connectivity index (χ3v) is 1.000. The van der Waals surface area contributed by atoms with Crippen molar-refractivity contribution in [3.63, 3.8) is 0 Å². The summed E-state index contributed by atoms with van der Waals surface area (Å²) in [5.41, 5.74) is 0. The molecule has 0 aliphatic heterocycles. The van der Waals surface area contributed by atoms with E-state index in [0.29, 0.717) is 0 Å². The molecule has 0 aromatic heterocycles. The lowest BCUT2D eigenvalue weighted by Gasteiger charge is -2.05. The number of rotatable bonds is 0. The highest BCUT2D eigenvalue weighted by atomic mass is 16.3. The molecule has 7 heavy (non-hydrogen) atoms. The van der Waals surface area contributed by atoms with Gasteiger partial charge in [0.15, 0.2) is 0 Å². The van der Waals surface area contributed by atoms with Crippen LogP contribution in [0.5, 0.6) is 0 Å². The molecule has 0 amide bonds. The van der Waals surface area contributed by atoms with Gasteiger partial charge in [-0.2, -0.15) is 0 Å². The van der Waals surface area contributed by atoms with E-state index < -0.39 is 0 Å². The quantitative estimate of drug-likeness (QED) is 0.467. The molecule has 0 aromatic carbocycles. The molecule has 0 radical (unpaired) electrons. The highest BCUT2D eigenvalue weighted by molar-refractivity contribution is 5.32. The van der Waals surface area contributed by atoms with Crippen LogP contribution in [0.4, 0.5) is 0 Å². The maximum Gasteiger partial charge on any atom is 0.290 e. The summed E-state index contributed by atoms with van der Waals surface area (Å²) in [7, 11) is 0. The van der Waals surface area contributed by atoms with Crippen LogP contribution in [0.15, 0.2) is 0 Å². The van der Waals surface area contributed by atoms with Gasteiger partial charge < -0.3 is 5.11 Å². The van der Waals surface area contributed by atoms with E-state index in [9.17, 15) is 0 Å². The number of carbonyl (C=O) groups is 1. The summed E-state index contributed by atoms with van der Waals surface area (Å²) in [6.45, 7) is -0.250. The van der Waals surface area contributed by atoms with E-state index in [0.717, 1.165) is 0 Å². The average molecular weight is 102 g/mol. The summed E-state index contributed by atoms with van der Waals surface area (Å²) in [5.74, 6) is 0. The molecule has 0 aromatic rings. The lowest BCUT2D eigenvalue weighted by molar-refractivity contribution is -0.122. The van der Waals surface area contributed by atoms with E-state index in [2.05, 4.69) is 0 Å². The number of hydrogen-bond acceptors (Lipinski definition) is 1. The maximum absolute atomic E-state index is 8.36. The molecule has 0 heterocycles. The average Bonchev–Trinajstić information content (AvgIpc) is 1.27. The van der Waals surface area contributed by atoms with Gasteiger partial charge in [0.2, 0.25) is 0 Å². The van der Waals surface area contributed by atoms with Gasteiger partial charge >= 0.3 is 0 Å². The molecule has 0 unspecified atom stereocenters. The predicted molar refractivity (Wildman–Crippen MR) is 27.2 cm³/mol. The molecule has 0 saturated heterocycles. The Morgan fingerprint density at radius 3 is 1.29 bits per heavy atom. The van der Waals surface area contributed by atoms with Crippen molar-refractivity contribution in [2.24, 2.45) is 0 Å². The fraction of sp³-hybridized carbons (Fsp3) is 0.800. The predicted octanol–water partition coefficient (Wildman–Crippen LogP) is 1.26. The molecular weight excluding hydrogens is 92.1 g/mol. The van der Waals surface area contributed by atoms with Crippen molar-refractivity contribution < 1.29 is 9.90 Å². The Bertz CT molecular complexity index is 35.3. The molecular formula is C5H10O2. The minimum atomic E-state index is -0.250. The molecule has 0 spiro atoms. The van der Waals surface area contributed by atoms with Crippen LogP contribution >= 0.6 is 0 Å². The first-order valence-electron chi connectivity index (χ1n) is 2.49. The molecule has 1 N–H and O–H groups in total. The Hall–Kier alpha value is -0.530. The minimum Gasteiger partial charge on any atom is -0.483 e. The van der Waals surface area contributed by atoms with Crippen LogP contribution in [-0.2, 0) is 4.79 Å². The third-order valence-electron chi connectivity index (χ3n) is 1.000. The fourth-order valence-electron chi connectivity index (χ4n) is 0.250. The van der Waals surface area contributed by atoms with E-state index in [4.69, 9.17) is 9.90 Å². The number of hydrogen-bond donors (Lipinski definition) is 1. The largest absolute Gasteiger partial charge is 0.483 e. The van der Waals surface area contributed by atoms with E-state index in [1.807, 2.05) is 0 Å². The Morgan fingerprint density at radius 1 is 1.14 bits per heavy atom. The van der Waals surface area contributed by atoms with Gasteiger partial charge in [0.25, 0.3) is 6.47 Å². The van der Waals surface area contributed by atoms with Crippen molar-refractivity contribution >= 4 is 6.47 Å². The molecule has 1 saturated carbocycles. The standard InChI is InChI=1S/C4H8.CH2O2/c1-2-4-3-1;2-1-3/h1-4H2;1H,(H,2,3). The second-order valence-electron chi connectivity index (χ2n) is 1.52. The van der Waals surface area contributed by atoms with Gasteiger partial charge in [-0.1, -0.05) is 25.7 Å². The molecule has 0 atom stereocenters. The zero-order valence-electron chi connectivity index (χ0n) is 4.26. The van der Waals surface area contributed by atoms with E-state index in [1.54, 1.807) is 0 Å². The number of carboxylic acid groups (broad SMARTS) is 1. The molecule has 1 aliphatic rings. The van der Waals surface area contributed by atoms with E-state index in [-0.39, 0.29) is 6.47 Å². The highest BCUT2D eigenvalue weighted by Gasteiger charge is 1.95. The lowest BCUT2D eigenvalue weighted by atomic mass is 10.0. The summed E-state index contributed by atoms with van der Waals surface area (Å²) in [4.78, 5) is 8.36. The van der Waals surface area contributed by atoms with Gasteiger partial charge in [0.05, 0.1) is 0 Å². The smallest absolute Gasteiger partial charge is 0.290 e. The monoisotopic (exact) mass is 102 g/mol. The van der Waals surface area contributed by atoms with Crippen LogP contribution in [0.25, 0.3) is 0 Å². The zero-order chi connectivity index (χ0) is 5.54. The maximum atomic E-state index is 8.36. The van der Waals surface area contributed by atoms with Crippen molar-refractivity contribution in [2.75, 3.05) is 0 Å². The Labute approximate surface area is 43.2 Å². The SMILES string of the molecule is C1CCC1.O=CO. The van der Waals surface area contributed by atoms with Crippen LogP contribution in [0.2, 0.25) is 0 Å². The molecule has 1 aliphatic carbocycles. The van der Waals surface area contributed by atoms with Gasteiger partial charge in [0, 0.05) is 0 Å². The Balaban J connectivity index is 0.000000110. The second-order valence-corrected chi connectivity index (χ2v) is 1.52. The van der Waals surface area contributed by atoms with Crippen molar-refractivity contribution in [2.45, 2.75) is 25.7 Å². The molecule has 0 bridgehead atoms. The fourth-order valence-corrected chi connectivity index (χ4v) is 0.250. The lowest BCUT2D eigenvalue weighted by Crippen LogP contribution is -1.85. The Morgan fingerprint density at radius 2 is 1.29 bits per heavy atom. The second kappa shape index (κ2) is 5.47. The summed E-state index contributed by atoms with van der Waals surface area (Å²) in [6, 6.07) is 0. The normalized spacial score (nSPS) is 15.4.